The Bertz CT molecular complexity index is 797. The molecule has 0 amide bonds. The second kappa shape index (κ2) is 5.50. The van der Waals surface area contributed by atoms with Crippen LogP contribution < -0.4 is 5.32 Å². The van der Waals surface area contributed by atoms with Crippen molar-refractivity contribution < 1.29 is 0 Å². The van der Waals surface area contributed by atoms with Crippen molar-refractivity contribution in [3.63, 3.8) is 0 Å². The number of fused-ring (bicyclic) bond motifs is 1. The fourth-order valence-electron chi connectivity index (χ4n) is 2.06. The minimum Gasteiger partial charge on any atom is -0.338 e. The van der Waals surface area contributed by atoms with Crippen LogP contribution in [0.3, 0.4) is 0 Å². The molecule has 0 bridgehead atoms. The first-order valence-electron chi connectivity index (χ1n) is 6.47. The zero-order chi connectivity index (χ0) is 15.0. The summed E-state index contributed by atoms with van der Waals surface area (Å²) in [7, 11) is 0. The molecule has 0 atom stereocenters. The van der Waals surface area contributed by atoms with Crippen LogP contribution in [-0.2, 0) is 0 Å². The third kappa shape index (κ3) is 2.80. The summed E-state index contributed by atoms with van der Waals surface area (Å²) in [5.41, 5.74) is 2.19. The number of aromatic nitrogens is 4. The van der Waals surface area contributed by atoms with Gasteiger partial charge >= 0.3 is 0 Å². The molecule has 0 aliphatic rings. The summed E-state index contributed by atoms with van der Waals surface area (Å²) in [6.07, 6.45) is 1.74. The Morgan fingerprint density at radius 2 is 2.00 bits per heavy atom. The average molecular weight is 322 g/mol. The maximum Gasteiger partial charge on any atom is 0.226 e. The third-order valence-electron chi connectivity index (χ3n) is 3.04. The molecular formula is C14H13Cl2N5. The Morgan fingerprint density at radius 3 is 2.71 bits per heavy atom. The van der Waals surface area contributed by atoms with E-state index in [1.54, 1.807) is 6.33 Å². The zero-order valence-electron chi connectivity index (χ0n) is 11.5. The molecule has 0 spiro atoms. The molecule has 108 valence electrons. The number of hydrogen-bond donors (Lipinski definition) is 1. The minimum atomic E-state index is 0.175. The van der Waals surface area contributed by atoms with Gasteiger partial charge in [0, 0.05) is 16.8 Å². The van der Waals surface area contributed by atoms with Crippen LogP contribution in [0.1, 0.15) is 19.9 Å². The Hall–Kier alpha value is -1.85. The summed E-state index contributed by atoms with van der Waals surface area (Å²) >= 11 is 12.0. The largest absolute Gasteiger partial charge is 0.338 e. The van der Waals surface area contributed by atoms with Crippen molar-refractivity contribution in [3.8, 4) is 0 Å². The Labute approximate surface area is 131 Å². The van der Waals surface area contributed by atoms with Gasteiger partial charge in [-0.1, -0.05) is 17.7 Å². The van der Waals surface area contributed by atoms with Crippen molar-refractivity contribution in [1.29, 1.82) is 0 Å². The predicted octanol–water partition coefficient (Wildman–Crippen LogP) is 4.46. The quantitative estimate of drug-likeness (QED) is 0.724. The Kier molecular flexibility index (Phi) is 3.69. The van der Waals surface area contributed by atoms with Gasteiger partial charge in [0.1, 0.15) is 0 Å². The molecule has 3 rings (SSSR count). The second-order valence-electron chi connectivity index (χ2n) is 4.89. The molecule has 5 nitrogen and oxygen atoms in total. The highest BCUT2D eigenvalue weighted by atomic mass is 35.5. The SMILES string of the molecule is CC(C)n1cnc2c(Nc3cccc(Cl)c3)nc(Cl)nc21. The van der Waals surface area contributed by atoms with Crippen LogP contribution in [0.15, 0.2) is 30.6 Å². The van der Waals surface area contributed by atoms with Gasteiger partial charge in [-0.3, -0.25) is 0 Å². The van der Waals surface area contributed by atoms with Crippen molar-refractivity contribution in [1.82, 2.24) is 19.5 Å². The molecular weight excluding hydrogens is 309 g/mol. The number of halogens is 2. The Balaban J connectivity index is 2.10. The smallest absolute Gasteiger partial charge is 0.226 e. The number of rotatable bonds is 3. The van der Waals surface area contributed by atoms with E-state index in [1.807, 2.05) is 28.8 Å². The molecule has 0 unspecified atom stereocenters. The van der Waals surface area contributed by atoms with Crippen molar-refractivity contribution >= 4 is 45.9 Å². The van der Waals surface area contributed by atoms with Gasteiger partial charge in [0.2, 0.25) is 5.28 Å². The number of imidazole rings is 1. The number of anilines is 2. The van der Waals surface area contributed by atoms with Gasteiger partial charge < -0.3 is 9.88 Å². The Morgan fingerprint density at radius 1 is 1.19 bits per heavy atom. The first-order valence-corrected chi connectivity index (χ1v) is 7.23. The summed E-state index contributed by atoms with van der Waals surface area (Å²) in [5, 5.41) is 4.00. The molecule has 0 fully saturated rings. The molecule has 2 heterocycles. The van der Waals surface area contributed by atoms with Crippen molar-refractivity contribution in [2.45, 2.75) is 19.9 Å². The molecule has 21 heavy (non-hydrogen) atoms. The van der Waals surface area contributed by atoms with Crippen molar-refractivity contribution in [2.24, 2.45) is 0 Å². The van der Waals surface area contributed by atoms with Crippen molar-refractivity contribution in [3.05, 3.63) is 40.9 Å². The number of hydrogen-bond acceptors (Lipinski definition) is 4. The number of nitrogens with zero attached hydrogens (tertiary/aromatic N) is 4. The van der Waals surface area contributed by atoms with Crippen LogP contribution in [-0.4, -0.2) is 19.5 Å². The van der Waals surface area contributed by atoms with Gasteiger partial charge in [-0.05, 0) is 43.6 Å². The summed E-state index contributed by atoms with van der Waals surface area (Å²) in [6, 6.07) is 7.61. The highest BCUT2D eigenvalue weighted by molar-refractivity contribution is 6.30. The molecule has 2 aromatic heterocycles. The lowest BCUT2D eigenvalue weighted by Crippen LogP contribution is -2.02. The molecule has 0 saturated heterocycles. The van der Waals surface area contributed by atoms with E-state index in [2.05, 4.69) is 34.1 Å². The van der Waals surface area contributed by atoms with E-state index in [1.165, 1.54) is 0 Å². The molecule has 1 aromatic carbocycles. The summed E-state index contributed by atoms with van der Waals surface area (Å²) in [4.78, 5) is 12.9. The third-order valence-corrected chi connectivity index (χ3v) is 3.44. The summed E-state index contributed by atoms with van der Waals surface area (Å²) in [5.74, 6) is 0.562. The first-order chi connectivity index (χ1) is 10.0. The first kappa shape index (κ1) is 14.1. The highest BCUT2D eigenvalue weighted by Crippen LogP contribution is 2.26. The lowest BCUT2D eigenvalue weighted by molar-refractivity contribution is 0.612. The molecule has 0 aliphatic carbocycles. The van der Waals surface area contributed by atoms with E-state index in [0.29, 0.717) is 22.0 Å². The van der Waals surface area contributed by atoms with Crippen LogP contribution in [0, 0.1) is 0 Å². The number of nitrogens with one attached hydrogen (secondary N) is 1. The van der Waals surface area contributed by atoms with E-state index < -0.39 is 0 Å². The standard InChI is InChI=1S/C14H13Cl2N5/c1-8(2)21-7-17-11-12(19-14(16)20-13(11)21)18-10-5-3-4-9(15)6-10/h3-8H,1-2H3,(H,18,19,20). The van der Waals surface area contributed by atoms with Crippen molar-refractivity contribution in [2.75, 3.05) is 5.32 Å². The van der Waals surface area contributed by atoms with E-state index in [9.17, 15) is 0 Å². The van der Waals surface area contributed by atoms with E-state index in [0.717, 1.165) is 5.69 Å². The molecule has 0 aliphatic heterocycles. The van der Waals surface area contributed by atoms with Gasteiger partial charge in [-0.15, -0.1) is 0 Å². The zero-order valence-corrected chi connectivity index (χ0v) is 13.0. The lowest BCUT2D eigenvalue weighted by Gasteiger charge is -2.09. The van der Waals surface area contributed by atoms with Gasteiger partial charge in [0.05, 0.1) is 6.33 Å². The number of benzene rings is 1. The van der Waals surface area contributed by atoms with Crippen LogP contribution in [0.2, 0.25) is 10.3 Å². The van der Waals surface area contributed by atoms with Crippen LogP contribution in [0.25, 0.3) is 11.2 Å². The fraction of sp³-hybridized carbons (Fsp3) is 0.214. The van der Waals surface area contributed by atoms with Gasteiger partial charge in [-0.25, -0.2) is 4.98 Å². The fourth-order valence-corrected chi connectivity index (χ4v) is 2.41. The van der Waals surface area contributed by atoms with E-state index in [-0.39, 0.29) is 11.3 Å². The van der Waals surface area contributed by atoms with E-state index in [4.69, 9.17) is 23.2 Å². The molecule has 1 N–H and O–H groups in total. The maximum atomic E-state index is 6.03. The predicted molar refractivity (Wildman–Crippen MR) is 85.5 cm³/mol. The summed E-state index contributed by atoms with van der Waals surface area (Å²) in [6.45, 7) is 4.11. The minimum absolute atomic E-state index is 0.175. The monoisotopic (exact) mass is 321 g/mol. The topological polar surface area (TPSA) is 55.6 Å². The summed E-state index contributed by atoms with van der Waals surface area (Å²) < 4.78 is 1.95. The molecule has 0 radical (unpaired) electrons. The highest BCUT2D eigenvalue weighted by Gasteiger charge is 2.14. The second-order valence-corrected chi connectivity index (χ2v) is 5.67. The van der Waals surface area contributed by atoms with Gasteiger partial charge in [0.25, 0.3) is 0 Å². The van der Waals surface area contributed by atoms with Gasteiger partial charge in [-0.2, -0.15) is 9.97 Å². The molecule has 3 aromatic rings. The molecule has 0 saturated carbocycles. The normalized spacial score (nSPS) is 11.3. The van der Waals surface area contributed by atoms with Crippen LogP contribution >= 0.6 is 23.2 Å². The van der Waals surface area contributed by atoms with Crippen LogP contribution in [0.4, 0.5) is 11.5 Å². The van der Waals surface area contributed by atoms with Gasteiger partial charge in [0.15, 0.2) is 17.0 Å². The van der Waals surface area contributed by atoms with Crippen LogP contribution in [0.5, 0.6) is 0 Å². The lowest BCUT2D eigenvalue weighted by atomic mass is 10.3. The van der Waals surface area contributed by atoms with E-state index >= 15 is 0 Å². The maximum absolute atomic E-state index is 6.03. The average Bonchev–Trinajstić information content (AvgIpc) is 2.82. The molecule has 7 heteroatoms.